The van der Waals surface area contributed by atoms with E-state index in [4.69, 9.17) is 0 Å². The zero-order valence-electron chi connectivity index (χ0n) is 14.5. The first kappa shape index (κ1) is 16.5. The number of aliphatic hydroxyl groups is 1. The molecule has 1 atom stereocenters. The highest BCUT2D eigenvalue weighted by Gasteiger charge is 2.14. The van der Waals surface area contributed by atoms with Gasteiger partial charge in [0.05, 0.1) is 18.2 Å². The molecule has 0 amide bonds. The number of nitrogens with zero attached hydrogens (tertiary/aromatic N) is 1. The summed E-state index contributed by atoms with van der Waals surface area (Å²) in [5, 5.41) is 15.1. The van der Waals surface area contributed by atoms with Gasteiger partial charge in [-0.1, -0.05) is 18.2 Å². The summed E-state index contributed by atoms with van der Waals surface area (Å²) in [7, 11) is 0. The van der Waals surface area contributed by atoms with Gasteiger partial charge in [-0.3, -0.25) is 4.98 Å². The van der Waals surface area contributed by atoms with E-state index in [1.807, 2.05) is 37.4 Å². The van der Waals surface area contributed by atoms with Crippen LogP contribution in [0.2, 0.25) is 0 Å². The average molecular weight is 349 g/mol. The molecular weight excluding hydrogens is 329 g/mol. The SMILES string of the molecule is Cc1cc(NC(CO)Cc2c[nH]c3ccccc23)c2cc(F)ccc2n1. The van der Waals surface area contributed by atoms with Crippen molar-refractivity contribution in [2.24, 2.45) is 0 Å². The molecule has 0 radical (unpaired) electrons. The molecule has 0 fully saturated rings. The van der Waals surface area contributed by atoms with Crippen LogP contribution in [-0.4, -0.2) is 27.7 Å². The van der Waals surface area contributed by atoms with Gasteiger partial charge in [-0.2, -0.15) is 0 Å². The van der Waals surface area contributed by atoms with Gasteiger partial charge in [-0.25, -0.2) is 4.39 Å². The van der Waals surface area contributed by atoms with Crippen molar-refractivity contribution in [1.82, 2.24) is 9.97 Å². The lowest BCUT2D eigenvalue weighted by Crippen LogP contribution is -2.26. The van der Waals surface area contributed by atoms with E-state index < -0.39 is 0 Å². The van der Waals surface area contributed by atoms with E-state index in [-0.39, 0.29) is 18.5 Å². The predicted molar refractivity (Wildman–Crippen MR) is 103 cm³/mol. The van der Waals surface area contributed by atoms with Crippen molar-refractivity contribution in [3.63, 3.8) is 0 Å². The van der Waals surface area contributed by atoms with Gasteiger partial charge in [0.1, 0.15) is 5.82 Å². The van der Waals surface area contributed by atoms with Crippen LogP contribution < -0.4 is 5.32 Å². The fourth-order valence-electron chi connectivity index (χ4n) is 3.40. The van der Waals surface area contributed by atoms with Gasteiger partial charge < -0.3 is 15.4 Å². The third-order valence-electron chi connectivity index (χ3n) is 4.62. The number of aliphatic hydroxyl groups excluding tert-OH is 1. The number of hydrogen-bond acceptors (Lipinski definition) is 3. The van der Waals surface area contributed by atoms with Gasteiger partial charge in [-0.05, 0) is 49.2 Å². The Morgan fingerprint density at radius 1 is 1.15 bits per heavy atom. The molecule has 2 aromatic heterocycles. The first-order chi connectivity index (χ1) is 12.6. The minimum absolute atomic E-state index is 0.0301. The van der Waals surface area contributed by atoms with Crippen LogP contribution in [-0.2, 0) is 6.42 Å². The first-order valence-electron chi connectivity index (χ1n) is 8.63. The molecule has 132 valence electrons. The molecule has 3 N–H and O–H groups in total. The van der Waals surface area contributed by atoms with E-state index in [0.29, 0.717) is 11.8 Å². The van der Waals surface area contributed by atoms with Gasteiger partial charge in [0, 0.05) is 33.9 Å². The summed E-state index contributed by atoms with van der Waals surface area (Å²) in [6.07, 6.45) is 2.63. The van der Waals surface area contributed by atoms with Gasteiger partial charge in [-0.15, -0.1) is 0 Å². The smallest absolute Gasteiger partial charge is 0.124 e. The molecule has 0 aliphatic heterocycles. The van der Waals surface area contributed by atoms with E-state index in [1.165, 1.54) is 12.1 Å². The molecule has 4 aromatic rings. The molecule has 2 heterocycles. The Hall–Kier alpha value is -2.92. The minimum atomic E-state index is -0.302. The van der Waals surface area contributed by atoms with Crippen molar-refractivity contribution >= 4 is 27.5 Å². The second-order valence-corrected chi connectivity index (χ2v) is 6.56. The number of rotatable bonds is 5. The van der Waals surface area contributed by atoms with Crippen molar-refractivity contribution in [2.75, 3.05) is 11.9 Å². The van der Waals surface area contributed by atoms with E-state index in [0.717, 1.165) is 33.4 Å². The van der Waals surface area contributed by atoms with Crippen molar-refractivity contribution in [3.05, 3.63) is 71.8 Å². The van der Waals surface area contributed by atoms with Crippen LogP contribution in [0.3, 0.4) is 0 Å². The normalized spacial score (nSPS) is 12.6. The summed E-state index contributed by atoms with van der Waals surface area (Å²) in [6.45, 7) is 1.87. The molecular formula is C21H20FN3O. The number of aromatic amines is 1. The van der Waals surface area contributed by atoms with Crippen molar-refractivity contribution in [2.45, 2.75) is 19.4 Å². The molecule has 0 aliphatic carbocycles. The molecule has 0 bridgehead atoms. The molecule has 0 saturated heterocycles. The molecule has 0 spiro atoms. The predicted octanol–water partition coefficient (Wildman–Crippen LogP) is 4.18. The third kappa shape index (κ3) is 3.13. The minimum Gasteiger partial charge on any atom is -0.394 e. The largest absolute Gasteiger partial charge is 0.394 e. The maximum atomic E-state index is 13.7. The summed E-state index contributed by atoms with van der Waals surface area (Å²) in [5.41, 5.74) is 4.57. The number of hydrogen-bond donors (Lipinski definition) is 3. The summed E-state index contributed by atoms with van der Waals surface area (Å²) < 4.78 is 13.7. The van der Waals surface area contributed by atoms with Gasteiger partial charge in [0.25, 0.3) is 0 Å². The van der Waals surface area contributed by atoms with E-state index in [2.05, 4.69) is 21.4 Å². The van der Waals surface area contributed by atoms with Crippen LogP contribution in [0.4, 0.5) is 10.1 Å². The summed E-state index contributed by atoms with van der Waals surface area (Å²) in [6, 6.07) is 14.4. The molecule has 2 aromatic carbocycles. The molecule has 0 saturated carbocycles. The van der Waals surface area contributed by atoms with Crippen molar-refractivity contribution in [3.8, 4) is 0 Å². The highest BCUT2D eigenvalue weighted by Crippen LogP contribution is 2.26. The lowest BCUT2D eigenvalue weighted by molar-refractivity contribution is 0.274. The Kier molecular flexibility index (Phi) is 4.31. The number of nitrogens with one attached hydrogen (secondary N) is 2. The van der Waals surface area contributed by atoms with E-state index in [1.54, 1.807) is 6.07 Å². The number of para-hydroxylation sites is 1. The van der Waals surface area contributed by atoms with Gasteiger partial charge >= 0.3 is 0 Å². The topological polar surface area (TPSA) is 60.9 Å². The van der Waals surface area contributed by atoms with Crippen LogP contribution in [0.5, 0.6) is 0 Å². The highest BCUT2D eigenvalue weighted by molar-refractivity contribution is 5.91. The standard InChI is InChI=1S/C21H20FN3O/c1-13-8-21(18-10-15(22)6-7-20(18)24-13)25-16(12-26)9-14-11-23-19-5-3-2-4-17(14)19/h2-8,10-11,16,23,26H,9,12H2,1H3,(H,24,25). The number of halogens is 1. The Bertz CT molecular complexity index is 1070. The Morgan fingerprint density at radius 3 is 2.85 bits per heavy atom. The molecule has 26 heavy (non-hydrogen) atoms. The highest BCUT2D eigenvalue weighted by atomic mass is 19.1. The lowest BCUT2D eigenvalue weighted by atomic mass is 10.0. The quantitative estimate of drug-likeness (QED) is 0.506. The Morgan fingerprint density at radius 2 is 2.00 bits per heavy atom. The maximum Gasteiger partial charge on any atom is 0.124 e. The number of aromatic nitrogens is 2. The third-order valence-corrected chi connectivity index (χ3v) is 4.62. The lowest BCUT2D eigenvalue weighted by Gasteiger charge is -2.19. The number of anilines is 1. The second kappa shape index (κ2) is 6.77. The Balaban J connectivity index is 1.66. The van der Waals surface area contributed by atoms with Crippen LogP contribution in [0.25, 0.3) is 21.8 Å². The zero-order valence-corrected chi connectivity index (χ0v) is 14.5. The number of aryl methyl sites for hydroxylation is 1. The number of H-pyrrole nitrogens is 1. The first-order valence-corrected chi connectivity index (χ1v) is 8.63. The van der Waals surface area contributed by atoms with Gasteiger partial charge in [0.15, 0.2) is 0 Å². The number of pyridine rings is 1. The van der Waals surface area contributed by atoms with E-state index >= 15 is 0 Å². The van der Waals surface area contributed by atoms with Crippen molar-refractivity contribution < 1.29 is 9.50 Å². The molecule has 0 aliphatic rings. The molecule has 4 rings (SSSR count). The van der Waals surface area contributed by atoms with Crippen LogP contribution in [0, 0.1) is 12.7 Å². The summed E-state index contributed by atoms with van der Waals surface area (Å²) >= 11 is 0. The fraction of sp³-hybridized carbons (Fsp3) is 0.190. The van der Waals surface area contributed by atoms with Crippen molar-refractivity contribution in [1.29, 1.82) is 0 Å². The molecule has 4 nitrogen and oxygen atoms in total. The summed E-state index contributed by atoms with van der Waals surface area (Å²) in [4.78, 5) is 7.71. The molecule has 1 unspecified atom stereocenters. The van der Waals surface area contributed by atoms with Crippen LogP contribution >= 0.6 is 0 Å². The second-order valence-electron chi connectivity index (χ2n) is 6.56. The van der Waals surface area contributed by atoms with Gasteiger partial charge in [0.2, 0.25) is 0 Å². The zero-order chi connectivity index (χ0) is 18.1. The fourth-order valence-corrected chi connectivity index (χ4v) is 3.40. The van der Waals surface area contributed by atoms with E-state index in [9.17, 15) is 9.50 Å². The van der Waals surface area contributed by atoms with Crippen LogP contribution in [0.1, 0.15) is 11.3 Å². The number of benzene rings is 2. The molecule has 5 heteroatoms. The van der Waals surface area contributed by atoms with Crippen LogP contribution in [0.15, 0.2) is 54.7 Å². The summed E-state index contributed by atoms with van der Waals surface area (Å²) in [5.74, 6) is -0.302. The monoisotopic (exact) mass is 349 g/mol. The Labute approximate surface area is 150 Å². The average Bonchev–Trinajstić information content (AvgIpc) is 3.04. The number of fused-ring (bicyclic) bond motifs is 2. The maximum absolute atomic E-state index is 13.7.